The monoisotopic (exact) mass is 254 g/mol. The summed E-state index contributed by atoms with van der Waals surface area (Å²) < 4.78 is 18.8. The van der Waals surface area contributed by atoms with Crippen molar-refractivity contribution in [3.05, 3.63) is 29.3 Å². The first kappa shape index (κ1) is 11.5. The highest BCUT2D eigenvalue weighted by Gasteiger charge is 2.15. The van der Waals surface area contributed by atoms with Crippen molar-refractivity contribution in [1.29, 1.82) is 0 Å². The molecule has 1 aromatic heterocycles. The molecule has 2 aromatic rings. The predicted molar refractivity (Wildman–Crippen MR) is 61.2 cm³/mol. The average molecular weight is 255 g/mol. The number of benzene rings is 1. The van der Waals surface area contributed by atoms with E-state index in [2.05, 4.69) is 15.0 Å². The molecule has 0 atom stereocenters. The molecule has 2 N–H and O–H groups in total. The summed E-state index contributed by atoms with van der Waals surface area (Å²) in [7, 11) is 1.42. The number of hydrogen-bond donors (Lipinski definition) is 1. The fraction of sp³-hybridized carbons (Fsp3) is 0.100. The second kappa shape index (κ2) is 4.50. The Balaban J connectivity index is 2.67. The van der Waals surface area contributed by atoms with Gasteiger partial charge < -0.3 is 10.5 Å². The topological polar surface area (TPSA) is 73.9 Å². The van der Waals surface area contributed by atoms with Crippen molar-refractivity contribution in [3.8, 4) is 17.1 Å². The van der Waals surface area contributed by atoms with E-state index in [9.17, 15) is 4.39 Å². The van der Waals surface area contributed by atoms with Gasteiger partial charge in [0.1, 0.15) is 11.6 Å². The van der Waals surface area contributed by atoms with E-state index >= 15 is 0 Å². The Morgan fingerprint density at radius 3 is 2.71 bits per heavy atom. The van der Waals surface area contributed by atoms with Gasteiger partial charge in [-0.1, -0.05) is 6.07 Å². The quantitative estimate of drug-likeness (QED) is 0.886. The zero-order chi connectivity index (χ0) is 12.4. The van der Waals surface area contributed by atoms with Crippen LogP contribution in [-0.2, 0) is 0 Å². The van der Waals surface area contributed by atoms with E-state index in [4.69, 9.17) is 22.1 Å². The summed E-state index contributed by atoms with van der Waals surface area (Å²) in [4.78, 5) is 11.2. The van der Waals surface area contributed by atoms with Gasteiger partial charge in [0.05, 0.1) is 12.7 Å². The molecule has 0 saturated carbocycles. The van der Waals surface area contributed by atoms with Gasteiger partial charge in [-0.2, -0.15) is 15.0 Å². The van der Waals surface area contributed by atoms with Crippen LogP contribution in [0.25, 0.3) is 11.4 Å². The molecule has 17 heavy (non-hydrogen) atoms. The predicted octanol–water partition coefficient (Wildman–Crippen LogP) is 1.92. The van der Waals surface area contributed by atoms with E-state index < -0.39 is 5.82 Å². The van der Waals surface area contributed by atoms with E-state index in [1.165, 1.54) is 19.2 Å². The first-order chi connectivity index (χ1) is 8.11. The lowest BCUT2D eigenvalue weighted by atomic mass is 10.1. The molecular formula is C10H8ClFN4O. The number of anilines is 1. The Kier molecular flexibility index (Phi) is 3.06. The molecule has 0 spiro atoms. The molecule has 0 amide bonds. The molecular weight excluding hydrogens is 247 g/mol. The smallest absolute Gasteiger partial charge is 0.227 e. The van der Waals surface area contributed by atoms with Crippen LogP contribution in [-0.4, -0.2) is 22.1 Å². The van der Waals surface area contributed by atoms with Crippen molar-refractivity contribution in [2.45, 2.75) is 0 Å². The molecule has 1 aromatic carbocycles. The lowest BCUT2D eigenvalue weighted by Gasteiger charge is -2.08. The highest BCUT2D eigenvalue weighted by Crippen LogP contribution is 2.30. The van der Waals surface area contributed by atoms with E-state index in [1.807, 2.05) is 0 Å². The number of nitrogens with zero attached hydrogens (tertiary/aromatic N) is 3. The molecule has 1 heterocycles. The van der Waals surface area contributed by atoms with Gasteiger partial charge in [-0.3, -0.25) is 0 Å². The zero-order valence-electron chi connectivity index (χ0n) is 8.82. The maximum atomic E-state index is 13.7. The maximum absolute atomic E-state index is 13.7. The third-order valence-electron chi connectivity index (χ3n) is 2.04. The fourth-order valence-corrected chi connectivity index (χ4v) is 1.54. The molecule has 0 unspecified atom stereocenters. The van der Waals surface area contributed by atoms with Crippen LogP contribution in [0.4, 0.5) is 10.3 Å². The van der Waals surface area contributed by atoms with Crippen LogP contribution in [0.1, 0.15) is 0 Å². The third-order valence-corrected chi connectivity index (χ3v) is 2.21. The summed E-state index contributed by atoms with van der Waals surface area (Å²) in [6, 6.07) is 4.38. The Labute approximate surface area is 101 Å². The van der Waals surface area contributed by atoms with E-state index in [1.54, 1.807) is 6.07 Å². The van der Waals surface area contributed by atoms with Gasteiger partial charge in [-0.15, -0.1) is 0 Å². The molecule has 0 aliphatic heterocycles. The van der Waals surface area contributed by atoms with Crippen LogP contribution in [0.2, 0.25) is 5.28 Å². The number of ether oxygens (including phenoxy) is 1. The molecule has 0 aliphatic carbocycles. The molecule has 88 valence electrons. The van der Waals surface area contributed by atoms with Gasteiger partial charge >= 0.3 is 0 Å². The van der Waals surface area contributed by atoms with Gasteiger partial charge in [0.15, 0.2) is 5.82 Å². The largest absolute Gasteiger partial charge is 0.496 e. The Morgan fingerprint density at radius 1 is 1.29 bits per heavy atom. The number of hydrogen-bond acceptors (Lipinski definition) is 5. The molecule has 0 saturated heterocycles. The maximum Gasteiger partial charge on any atom is 0.227 e. The average Bonchev–Trinajstić information content (AvgIpc) is 2.27. The number of nitrogen functional groups attached to an aromatic ring is 1. The number of nitrogens with two attached hydrogens (primary N) is 1. The van der Waals surface area contributed by atoms with Gasteiger partial charge in [0, 0.05) is 0 Å². The van der Waals surface area contributed by atoms with Crippen molar-refractivity contribution >= 4 is 17.5 Å². The second-order valence-electron chi connectivity index (χ2n) is 3.10. The number of methoxy groups -OCH3 is 1. The third kappa shape index (κ3) is 2.26. The van der Waals surface area contributed by atoms with Gasteiger partial charge in [0.25, 0.3) is 0 Å². The minimum absolute atomic E-state index is 0.0393. The highest BCUT2D eigenvalue weighted by molar-refractivity contribution is 6.28. The zero-order valence-corrected chi connectivity index (χ0v) is 9.57. The van der Waals surface area contributed by atoms with Crippen molar-refractivity contribution in [2.75, 3.05) is 12.8 Å². The Hall–Kier alpha value is -1.95. The van der Waals surface area contributed by atoms with Crippen LogP contribution in [0.15, 0.2) is 18.2 Å². The minimum Gasteiger partial charge on any atom is -0.496 e. The SMILES string of the molecule is COc1cccc(F)c1-c1nc(N)nc(Cl)n1. The van der Waals surface area contributed by atoms with Crippen LogP contribution in [0.5, 0.6) is 5.75 Å². The second-order valence-corrected chi connectivity index (χ2v) is 3.44. The number of halogens is 2. The lowest BCUT2D eigenvalue weighted by Crippen LogP contribution is -2.02. The van der Waals surface area contributed by atoms with Crippen LogP contribution < -0.4 is 10.5 Å². The van der Waals surface area contributed by atoms with Crippen LogP contribution in [0, 0.1) is 5.82 Å². The van der Waals surface area contributed by atoms with E-state index in [0.29, 0.717) is 5.75 Å². The lowest BCUT2D eigenvalue weighted by molar-refractivity contribution is 0.413. The Morgan fingerprint density at radius 2 is 2.06 bits per heavy atom. The van der Waals surface area contributed by atoms with Crippen LogP contribution >= 0.6 is 11.6 Å². The summed E-state index contributed by atoms with van der Waals surface area (Å²) in [6.45, 7) is 0. The first-order valence-electron chi connectivity index (χ1n) is 4.61. The number of rotatable bonds is 2. The van der Waals surface area contributed by atoms with Gasteiger partial charge in [-0.05, 0) is 23.7 Å². The molecule has 0 radical (unpaired) electrons. The van der Waals surface area contributed by atoms with Crippen LogP contribution in [0.3, 0.4) is 0 Å². The van der Waals surface area contributed by atoms with Gasteiger partial charge in [0.2, 0.25) is 11.2 Å². The fourth-order valence-electron chi connectivity index (χ4n) is 1.37. The Bertz CT molecular complexity index is 544. The van der Waals surface area contributed by atoms with Crippen molar-refractivity contribution < 1.29 is 9.13 Å². The molecule has 2 rings (SSSR count). The van der Waals surface area contributed by atoms with Crippen molar-refractivity contribution in [1.82, 2.24) is 15.0 Å². The van der Waals surface area contributed by atoms with Crippen molar-refractivity contribution in [3.63, 3.8) is 0 Å². The normalized spacial score (nSPS) is 10.3. The molecule has 5 nitrogen and oxygen atoms in total. The molecule has 0 aliphatic rings. The summed E-state index contributed by atoms with van der Waals surface area (Å²) in [5.74, 6) is -0.263. The van der Waals surface area contributed by atoms with E-state index in [-0.39, 0.29) is 22.6 Å². The summed E-state index contributed by atoms with van der Waals surface area (Å²) in [5, 5.41) is -0.0993. The molecule has 0 fully saturated rings. The molecule has 0 bridgehead atoms. The number of aromatic nitrogens is 3. The minimum atomic E-state index is -0.522. The molecule has 7 heteroatoms. The first-order valence-corrected chi connectivity index (χ1v) is 4.99. The van der Waals surface area contributed by atoms with E-state index in [0.717, 1.165) is 0 Å². The van der Waals surface area contributed by atoms with Gasteiger partial charge in [-0.25, -0.2) is 4.39 Å². The van der Waals surface area contributed by atoms with Crippen molar-refractivity contribution in [2.24, 2.45) is 0 Å². The summed E-state index contributed by atoms with van der Waals surface area (Å²) in [6.07, 6.45) is 0. The summed E-state index contributed by atoms with van der Waals surface area (Å²) >= 11 is 5.64. The summed E-state index contributed by atoms with van der Waals surface area (Å²) in [5.41, 5.74) is 5.53. The highest BCUT2D eigenvalue weighted by atomic mass is 35.5. The standard InChI is InChI=1S/C10H8ClFN4O/c1-17-6-4-2-3-5(12)7(6)8-14-9(11)16-10(13)15-8/h2-4H,1H3,(H2,13,14,15,16).